The van der Waals surface area contributed by atoms with Crippen LogP contribution >= 0.6 is 0 Å². The van der Waals surface area contributed by atoms with Crippen molar-refractivity contribution in [1.29, 1.82) is 0 Å². The lowest BCUT2D eigenvalue weighted by atomic mass is 10.0. The molecule has 1 aromatic carbocycles. The van der Waals surface area contributed by atoms with Crippen molar-refractivity contribution in [3.05, 3.63) is 35.1 Å². The van der Waals surface area contributed by atoms with Crippen LogP contribution in [0, 0.1) is 12.7 Å². The Hall–Kier alpha value is -0.890. The molecule has 0 aliphatic rings. The van der Waals surface area contributed by atoms with Gasteiger partial charge in [0, 0.05) is 0 Å². The first-order valence-corrected chi connectivity index (χ1v) is 3.56. The first-order chi connectivity index (χ1) is 5.13. The molecule has 0 amide bonds. The lowest BCUT2D eigenvalue weighted by molar-refractivity contribution is 0.198. The lowest BCUT2D eigenvalue weighted by Crippen LogP contribution is -1.96. The highest BCUT2D eigenvalue weighted by Gasteiger charge is 2.06. The summed E-state index contributed by atoms with van der Waals surface area (Å²) < 4.78 is 12.8. The average molecular weight is 154 g/mol. The largest absolute Gasteiger partial charge is 0.389 e. The predicted octanol–water partition coefficient (Wildman–Crippen LogP) is 2.19. The molecule has 2 heteroatoms. The van der Waals surface area contributed by atoms with E-state index < -0.39 is 6.10 Å². The third kappa shape index (κ3) is 1.57. The summed E-state index contributed by atoms with van der Waals surface area (Å²) in [5, 5.41) is 9.16. The highest BCUT2D eigenvalue weighted by atomic mass is 19.1. The van der Waals surface area contributed by atoms with Crippen LogP contribution in [0.4, 0.5) is 4.39 Å². The summed E-state index contributed by atoms with van der Waals surface area (Å²) in [7, 11) is 0. The number of aliphatic hydroxyl groups excluding tert-OH is 1. The Bertz CT molecular complexity index is 256. The van der Waals surface area contributed by atoms with Gasteiger partial charge in [0.05, 0.1) is 6.10 Å². The fraction of sp³-hybridized carbons (Fsp3) is 0.333. The monoisotopic (exact) mass is 154 g/mol. The molecular weight excluding hydrogens is 143 g/mol. The minimum absolute atomic E-state index is 0.261. The molecule has 60 valence electrons. The van der Waals surface area contributed by atoms with Gasteiger partial charge in [-0.15, -0.1) is 0 Å². The third-order valence-corrected chi connectivity index (χ3v) is 1.76. The zero-order valence-corrected chi connectivity index (χ0v) is 6.63. The summed E-state index contributed by atoms with van der Waals surface area (Å²) in [6.45, 7) is 3.29. The molecule has 1 unspecified atom stereocenters. The molecule has 0 aliphatic heterocycles. The molecule has 1 rings (SSSR count). The number of halogens is 1. The maximum atomic E-state index is 12.8. The molecule has 0 fully saturated rings. The Morgan fingerprint density at radius 1 is 1.45 bits per heavy atom. The van der Waals surface area contributed by atoms with Crippen LogP contribution in [0.2, 0.25) is 0 Å². The standard InChI is InChI=1S/C9H11FO/c1-6-8(7(2)11)4-3-5-9(6)10/h3-5,7,11H,1-2H3. The van der Waals surface area contributed by atoms with Gasteiger partial charge in [-0.05, 0) is 31.0 Å². The van der Waals surface area contributed by atoms with Gasteiger partial charge in [-0.25, -0.2) is 4.39 Å². The van der Waals surface area contributed by atoms with Crippen LogP contribution in [-0.4, -0.2) is 5.11 Å². The minimum Gasteiger partial charge on any atom is -0.389 e. The molecule has 0 bridgehead atoms. The summed E-state index contributed by atoms with van der Waals surface area (Å²) in [6.07, 6.45) is -0.592. The van der Waals surface area contributed by atoms with Crippen molar-refractivity contribution in [2.75, 3.05) is 0 Å². The first-order valence-electron chi connectivity index (χ1n) is 3.56. The fourth-order valence-corrected chi connectivity index (χ4v) is 1.08. The quantitative estimate of drug-likeness (QED) is 0.657. The van der Waals surface area contributed by atoms with E-state index in [9.17, 15) is 4.39 Å². The Balaban J connectivity index is 3.17. The molecule has 1 N–H and O–H groups in total. The van der Waals surface area contributed by atoms with Gasteiger partial charge in [0.1, 0.15) is 5.82 Å². The normalized spacial score (nSPS) is 13.1. The van der Waals surface area contributed by atoms with Crippen molar-refractivity contribution in [2.45, 2.75) is 20.0 Å². The van der Waals surface area contributed by atoms with Crippen LogP contribution in [0.5, 0.6) is 0 Å². The Morgan fingerprint density at radius 2 is 2.09 bits per heavy atom. The van der Waals surface area contributed by atoms with Gasteiger partial charge in [-0.1, -0.05) is 12.1 Å². The van der Waals surface area contributed by atoms with Gasteiger partial charge < -0.3 is 5.11 Å². The van der Waals surface area contributed by atoms with Gasteiger partial charge in [0.15, 0.2) is 0 Å². The Kier molecular flexibility index (Phi) is 2.25. The molecule has 0 aliphatic carbocycles. The smallest absolute Gasteiger partial charge is 0.126 e. The zero-order valence-electron chi connectivity index (χ0n) is 6.63. The molecule has 0 heterocycles. The Labute approximate surface area is 65.5 Å². The number of aliphatic hydroxyl groups is 1. The number of benzene rings is 1. The molecule has 1 atom stereocenters. The number of hydrogen-bond donors (Lipinski definition) is 1. The van der Waals surface area contributed by atoms with Crippen LogP contribution in [0.1, 0.15) is 24.2 Å². The lowest BCUT2D eigenvalue weighted by Gasteiger charge is -2.08. The van der Waals surface area contributed by atoms with E-state index in [1.807, 2.05) is 0 Å². The topological polar surface area (TPSA) is 20.2 Å². The maximum Gasteiger partial charge on any atom is 0.126 e. The zero-order chi connectivity index (χ0) is 8.43. The minimum atomic E-state index is -0.592. The first kappa shape index (κ1) is 8.21. The SMILES string of the molecule is Cc1c(F)cccc1C(C)O. The van der Waals surface area contributed by atoms with E-state index in [1.165, 1.54) is 6.07 Å². The number of hydrogen-bond acceptors (Lipinski definition) is 1. The fourth-order valence-electron chi connectivity index (χ4n) is 1.08. The van der Waals surface area contributed by atoms with E-state index in [1.54, 1.807) is 26.0 Å². The third-order valence-electron chi connectivity index (χ3n) is 1.76. The van der Waals surface area contributed by atoms with Gasteiger partial charge in [-0.3, -0.25) is 0 Å². The second-order valence-corrected chi connectivity index (χ2v) is 2.63. The van der Waals surface area contributed by atoms with Crippen LogP contribution in [0.15, 0.2) is 18.2 Å². The molecule has 0 aromatic heterocycles. The summed E-state index contributed by atoms with van der Waals surface area (Å²) in [6, 6.07) is 4.72. The van der Waals surface area contributed by atoms with E-state index >= 15 is 0 Å². The number of rotatable bonds is 1. The molecule has 0 radical (unpaired) electrons. The highest BCUT2D eigenvalue weighted by Crippen LogP contribution is 2.18. The van der Waals surface area contributed by atoms with Gasteiger partial charge in [0.25, 0.3) is 0 Å². The van der Waals surface area contributed by atoms with Gasteiger partial charge in [0.2, 0.25) is 0 Å². The van der Waals surface area contributed by atoms with Crippen molar-refractivity contribution in [2.24, 2.45) is 0 Å². The van der Waals surface area contributed by atoms with Crippen LogP contribution in [0.3, 0.4) is 0 Å². The van der Waals surface area contributed by atoms with Gasteiger partial charge >= 0.3 is 0 Å². The predicted molar refractivity (Wildman–Crippen MR) is 41.8 cm³/mol. The summed E-state index contributed by atoms with van der Waals surface area (Å²) in [5.74, 6) is -0.261. The average Bonchev–Trinajstić information content (AvgIpc) is 1.94. The molecule has 1 nitrogen and oxygen atoms in total. The molecule has 0 spiro atoms. The van der Waals surface area contributed by atoms with E-state index in [-0.39, 0.29) is 5.82 Å². The Morgan fingerprint density at radius 3 is 2.55 bits per heavy atom. The molecule has 0 saturated carbocycles. The molecular formula is C9H11FO. The van der Waals surface area contributed by atoms with Gasteiger partial charge in [-0.2, -0.15) is 0 Å². The second kappa shape index (κ2) is 3.01. The van der Waals surface area contributed by atoms with E-state index in [4.69, 9.17) is 5.11 Å². The summed E-state index contributed by atoms with van der Waals surface area (Å²) in [5.41, 5.74) is 1.19. The van der Waals surface area contributed by atoms with Crippen molar-refractivity contribution in [3.8, 4) is 0 Å². The van der Waals surface area contributed by atoms with Crippen LogP contribution in [0.25, 0.3) is 0 Å². The highest BCUT2D eigenvalue weighted by molar-refractivity contribution is 5.28. The van der Waals surface area contributed by atoms with Crippen molar-refractivity contribution < 1.29 is 9.50 Å². The molecule has 0 saturated heterocycles. The van der Waals surface area contributed by atoms with Crippen molar-refractivity contribution in [3.63, 3.8) is 0 Å². The van der Waals surface area contributed by atoms with Crippen LogP contribution < -0.4 is 0 Å². The summed E-state index contributed by atoms with van der Waals surface area (Å²) in [4.78, 5) is 0. The van der Waals surface area contributed by atoms with E-state index in [2.05, 4.69) is 0 Å². The van der Waals surface area contributed by atoms with Crippen molar-refractivity contribution >= 4 is 0 Å². The maximum absolute atomic E-state index is 12.8. The second-order valence-electron chi connectivity index (χ2n) is 2.63. The molecule has 1 aromatic rings. The van der Waals surface area contributed by atoms with Crippen molar-refractivity contribution in [1.82, 2.24) is 0 Å². The van der Waals surface area contributed by atoms with Crippen LogP contribution in [-0.2, 0) is 0 Å². The summed E-state index contributed by atoms with van der Waals surface area (Å²) >= 11 is 0. The van der Waals surface area contributed by atoms with E-state index in [0.717, 1.165) is 0 Å². The van der Waals surface area contributed by atoms with E-state index in [0.29, 0.717) is 11.1 Å². The molecule has 11 heavy (non-hydrogen) atoms.